The Balaban J connectivity index is 1.94. The molecule has 7 heteroatoms. The second-order valence-electron chi connectivity index (χ2n) is 4.83. The number of pyridine rings is 1. The van der Waals surface area contributed by atoms with E-state index in [1.54, 1.807) is 4.90 Å². The number of carboxylic acid groups (broad SMARTS) is 1. The fraction of sp³-hybridized carbons (Fsp3) is 0.500. The van der Waals surface area contributed by atoms with E-state index >= 15 is 0 Å². The minimum absolute atomic E-state index is 0.0806. The molecule has 21 heavy (non-hydrogen) atoms. The van der Waals surface area contributed by atoms with Crippen LogP contribution in [0.3, 0.4) is 0 Å². The van der Waals surface area contributed by atoms with Gasteiger partial charge in [0.05, 0.1) is 37.1 Å². The number of ether oxygens (including phenoxy) is 1. The van der Waals surface area contributed by atoms with Gasteiger partial charge in [-0.25, -0.2) is 9.59 Å². The lowest BCUT2D eigenvalue weighted by molar-refractivity contribution is 0.0112. The molecule has 2 N–H and O–H groups in total. The second kappa shape index (κ2) is 7.03. The average molecular weight is 293 g/mol. The van der Waals surface area contributed by atoms with Gasteiger partial charge in [-0.15, -0.1) is 0 Å². The molecular formula is C14H19N3O4. The van der Waals surface area contributed by atoms with Crippen LogP contribution in [0.25, 0.3) is 0 Å². The Hall–Kier alpha value is -2.15. The molecular weight excluding hydrogens is 274 g/mol. The topological polar surface area (TPSA) is 91.8 Å². The number of morpholine rings is 1. The largest absolute Gasteiger partial charge is 0.478 e. The van der Waals surface area contributed by atoms with Crippen LogP contribution >= 0.6 is 0 Å². The first kappa shape index (κ1) is 15.2. The van der Waals surface area contributed by atoms with Gasteiger partial charge in [0.25, 0.3) is 0 Å². The quantitative estimate of drug-likeness (QED) is 0.867. The molecule has 1 aliphatic heterocycles. The number of nitrogens with zero attached hydrogens (tertiary/aromatic N) is 2. The number of amides is 2. The number of carboxylic acids is 1. The molecule has 1 atom stereocenters. The molecule has 0 spiro atoms. The van der Waals surface area contributed by atoms with Crippen molar-refractivity contribution in [1.82, 2.24) is 15.2 Å². The van der Waals surface area contributed by atoms with E-state index < -0.39 is 5.97 Å². The van der Waals surface area contributed by atoms with Crippen LogP contribution in [-0.2, 0) is 11.3 Å². The Morgan fingerprint density at radius 1 is 1.57 bits per heavy atom. The summed E-state index contributed by atoms with van der Waals surface area (Å²) in [5.41, 5.74) is 0.677. The van der Waals surface area contributed by atoms with E-state index in [0.717, 1.165) is 6.42 Å². The average Bonchev–Trinajstić information content (AvgIpc) is 2.52. The van der Waals surface area contributed by atoms with Crippen molar-refractivity contribution in [2.24, 2.45) is 0 Å². The smallest absolute Gasteiger partial charge is 0.335 e. The molecule has 7 nitrogen and oxygen atoms in total. The lowest BCUT2D eigenvalue weighted by Gasteiger charge is -2.34. The number of carbonyl (C=O) groups excluding carboxylic acids is 1. The lowest BCUT2D eigenvalue weighted by atomic mass is 10.2. The van der Waals surface area contributed by atoms with Crippen LogP contribution in [0.5, 0.6) is 0 Å². The third-order valence-corrected chi connectivity index (χ3v) is 3.44. The number of nitrogens with one attached hydrogen (secondary N) is 1. The van der Waals surface area contributed by atoms with Crippen LogP contribution in [0.4, 0.5) is 4.79 Å². The van der Waals surface area contributed by atoms with E-state index in [-0.39, 0.29) is 24.2 Å². The molecule has 1 aromatic rings. The predicted octanol–water partition coefficient (Wildman–Crippen LogP) is 1.10. The van der Waals surface area contributed by atoms with Crippen molar-refractivity contribution in [1.29, 1.82) is 0 Å². The van der Waals surface area contributed by atoms with Crippen molar-refractivity contribution in [3.05, 3.63) is 29.6 Å². The highest BCUT2D eigenvalue weighted by Crippen LogP contribution is 2.10. The summed E-state index contributed by atoms with van der Waals surface area (Å²) in [4.78, 5) is 28.9. The van der Waals surface area contributed by atoms with E-state index in [4.69, 9.17) is 9.84 Å². The predicted molar refractivity (Wildman–Crippen MR) is 75.0 cm³/mol. The number of aromatic carboxylic acids is 1. The van der Waals surface area contributed by atoms with Gasteiger partial charge in [0.15, 0.2) is 0 Å². The minimum Gasteiger partial charge on any atom is -0.478 e. The molecule has 1 aromatic heterocycles. The van der Waals surface area contributed by atoms with E-state index in [2.05, 4.69) is 10.3 Å². The van der Waals surface area contributed by atoms with Gasteiger partial charge >= 0.3 is 12.0 Å². The van der Waals surface area contributed by atoms with Gasteiger partial charge in [0.2, 0.25) is 0 Å². The number of urea groups is 1. The van der Waals surface area contributed by atoms with Crippen LogP contribution in [0.15, 0.2) is 18.3 Å². The standard InChI is InChI=1S/C14H19N3O4/c1-2-12-9-21-6-5-17(12)14(20)16-8-11-7-10(13(18)19)3-4-15-11/h3-4,7,12H,2,5-6,8-9H2,1H3,(H,16,20)(H,18,19). The van der Waals surface area contributed by atoms with Crippen molar-refractivity contribution in [3.63, 3.8) is 0 Å². The molecule has 114 valence electrons. The highest BCUT2D eigenvalue weighted by molar-refractivity contribution is 5.87. The first-order valence-corrected chi connectivity index (χ1v) is 6.92. The third kappa shape index (κ3) is 3.91. The normalized spacial score (nSPS) is 18.3. The van der Waals surface area contributed by atoms with Crippen LogP contribution < -0.4 is 5.32 Å². The zero-order chi connectivity index (χ0) is 15.2. The maximum absolute atomic E-state index is 12.2. The van der Waals surface area contributed by atoms with Gasteiger partial charge in [-0.2, -0.15) is 0 Å². The molecule has 1 unspecified atom stereocenters. The van der Waals surface area contributed by atoms with Crippen LogP contribution in [0.1, 0.15) is 29.4 Å². The van der Waals surface area contributed by atoms with Gasteiger partial charge < -0.3 is 20.1 Å². The number of aromatic nitrogens is 1. The zero-order valence-corrected chi connectivity index (χ0v) is 11.9. The fourth-order valence-electron chi connectivity index (χ4n) is 2.24. The zero-order valence-electron chi connectivity index (χ0n) is 11.9. The Bertz CT molecular complexity index is 521. The van der Waals surface area contributed by atoms with E-state index in [1.807, 2.05) is 6.92 Å². The van der Waals surface area contributed by atoms with Crippen LogP contribution in [-0.4, -0.2) is 52.8 Å². The summed E-state index contributed by atoms with van der Waals surface area (Å²) in [6, 6.07) is 2.78. The molecule has 2 rings (SSSR count). The van der Waals surface area contributed by atoms with Gasteiger partial charge in [-0.05, 0) is 18.6 Å². The van der Waals surface area contributed by atoms with E-state index in [1.165, 1.54) is 18.3 Å². The molecule has 1 fully saturated rings. The summed E-state index contributed by atoms with van der Waals surface area (Å²) in [6.45, 7) is 3.87. The molecule has 2 heterocycles. The van der Waals surface area contributed by atoms with Gasteiger partial charge in [0, 0.05) is 12.7 Å². The van der Waals surface area contributed by atoms with E-state index in [0.29, 0.717) is 25.5 Å². The van der Waals surface area contributed by atoms with Gasteiger partial charge in [0.1, 0.15) is 0 Å². The lowest BCUT2D eigenvalue weighted by Crippen LogP contribution is -2.52. The van der Waals surface area contributed by atoms with Crippen LogP contribution in [0, 0.1) is 0 Å². The molecule has 2 amide bonds. The highest BCUT2D eigenvalue weighted by atomic mass is 16.5. The van der Waals surface area contributed by atoms with Crippen molar-refractivity contribution < 1.29 is 19.4 Å². The molecule has 1 saturated heterocycles. The number of hydrogen-bond donors (Lipinski definition) is 2. The first-order chi connectivity index (χ1) is 10.1. The summed E-state index contributed by atoms with van der Waals surface area (Å²) in [5, 5.41) is 11.7. The fourth-order valence-corrected chi connectivity index (χ4v) is 2.24. The maximum atomic E-state index is 12.2. The van der Waals surface area contributed by atoms with Crippen LogP contribution in [0.2, 0.25) is 0 Å². The molecule has 0 saturated carbocycles. The summed E-state index contributed by atoms with van der Waals surface area (Å²) >= 11 is 0. The number of carbonyl (C=O) groups is 2. The number of hydrogen-bond acceptors (Lipinski definition) is 4. The van der Waals surface area contributed by atoms with Crippen molar-refractivity contribution >= 4 is 12.0 Å². The SMILES string of the molecule is CCC1COCCN1C(=O)NCc1cc(C(=O)O)ccn1. The molecule has 0 radical (unpaired) electrons. The highest BCUT2D eigenvalue weighted by Gasteiger charge is 2.25. The summed E-state index contributed by atoms with van der Waals surface area (Å²) in [6.07, 6.45) is 2.26. The van der Waals surface area contributed by atoms with Gasteiger partial charge in [-0.3, -0.25) is 4.98 Å². The Morgan fingerprint density at radius 2 is 2.38 bits per heavy atom. The summed E-state index contributed by atoms with van der Waals surface area (Å²) in [5.74, 6) is -1.01. The van der Waals surface area contributed by atoms with Crippen molar-refractivity contribution in [3.8, 4) is 0 Å². The second-order valence-corrected chi connectivity index (χ2v) is 4.83. The molecule has 1 aliphatic rings. The molecule has 0 aromatic carbocycles. The van der Waals surface area contributed by atoms with Crippen molar-refractivity contribution in [2.75, 3.05) is 19.8 Å². The maximum Gasteiger partial charge on any atom is 0.335 e. The summed E-state index contributed by atoms with van der Waals surface area (Å²) in [7, 11) is 0. The summed E-state index contributed by atoms with van der Waals surface area (Å²) < 4.78 is 5.36. The Kier molecular flexibility index (Phi) is 5.10. The number of rotatable bonds is 4. The van der Waals surface area contributed by atoms with Crippen molar-refractivity contribution in [2.45, 2.75) is 25.9 Å². The Labute approximate surface area is 122 Å². The molecule has 0 aliphatic carbocycles. The first-order valence-electron chi connectivity index (χ1n) is 6.92. The monoisotopic (exact) mass is 293 g/mol. The third-order valence-electron chi connectivity index (χ3n) is 3.44. The molecule has 0 bridgehead atoms. The Morgan fingerprint density at radius 3 is 3.10 bits per heavy atom. The van der Waals surface area contributed by atoms with E-state index in [9.17, 15) is 9.59 Å². The minimum atomic E-state index is -1.01. The van der Waals surface area contributed by atoms with Gasteiger partial charge in [-0.1, -0.05) is 6.92 Å².